The van der Waals surface area contributed by atoms with Gasteiger partial charge in [-0.15, -0.1) is 0 Å². The number of ether oxygens (including phenoxy) is 5. The second-order valence-corrected chi connectivity index (χ2v) is 7.17. The molecule has 1 aliphatic rings. The van der Waals surface area contributed by atoms with Gasteiger partial charge in [-0.05, 0) is 25.0 Å². The lowest BCUT2D eigenvalue weighted by molar-refractivity contribution is -0.167. The Morgan fingerprint density at radius 2 is 1.83 bits per heavy atom. The number of nitrogens with zero attached hydrogens (tertiary/aromatic N) is 1. The van der Waals surface area contributed by atoms with Crippen molar-refractivity contribution < 1.29 is 33.3 Å². The minimum Gasteiger partial charge on any atom is -0.490 e. The molecule has 0 saturated carbocycles. The molecule has 0 N–H and O–H groups in total. The predicted molar refractivity (Wildman–Crippen MR) is 106 cm³/mol. The van der Waals surface area contributed by atoms with Crippen LogP contribution in [0.5, 0.6) is 11.5 Å². The highest BCUT2D eigenvalue weighted by atomic mass is 16.7. The van der Waals surface area contributed by atoms with Crippen molar-refractivity contribution in [2.45, 2.75) is 46.5 Å². The number of morpholine rings is 1. The highest BCUT2D eigenvalue weighted by Crippen LogP contribution is 2.26. The number of rotatable bonds is 9. The SMILES string of the molecule is CCOc1ccccc1OC[C@@H]1CN(C(=O)OC(C)OC(=O)CC(C)C)CCO1. The number of hydrogen-bond acceptors (Lipinski definition) is 7. The molecule has 1 aromatic rings. The summed E-state index contributed by atoms with van der Waals surface area (Å²) in [6.07, 6.45) is -1.51. The summed E-state index contributed by atoms with van der Waals surface area (Å²) in [4.78, 5) is 25.6. The molecule has 29 heavy (non-hydrogen) atoms. The van der Waals surface area contributed by atoms with Crippen LogP contribution in [0.25, 0.3) is 0 Å². The van der Waals surface area contributed by atoms with Crippen molar-refractivity contribution in [1.29, 1.82) is 0 Å². The maximum atomic E-state index is 12.4. The Morgan fingerprint density at radius 3 is 2.48 bits per heavy atom. The minimum atomic E-state index is -0.940. The van der Waals surface area contributed by atoms with E-state index in [-0.39, 0.29) is 31.0 Å². The third-order valence-electron chi connectivity index (χ3n) is 4.11. The number of carbonyl (C=O) groups excluding carboxylic acids is 2. The van der Waals surface area contributed by atoms with Gasteiger partial charge in [0.1, 0.15) is 12.7 Å². The van der Waals surface area contributed by atoms with Crippen molar-refractivity contribution in [3.05, 3.63) is 24.3 Å². The molecule has 1 aromatic carbocycles. The van der Waals surface area contributed by atoms with Gasteiger partial charge in [0.05, 0.1) is 19.8 Å². The first-order chi connectivity index (χ1) is 13.9. The second-order valence-electron chi connectivity index (χ2n) is 7.17. The van der Waals surface area contributed by atoms with E-state index in [1.165, 1.54) is 11.8 Å². The topological polar surface area (TPSA) is 83.5 Å². The van der Waals surface area contributed by atoms with Gasteiger partial charge in [-0.3, -0.25) is 4.79 Å². The standard InChI is InChI=1S/C21H31NO7/c1-5-25-18-8-6-7-9-19(18)27-14-17-13-22(10-11-26-17)21(24)29-16(4)28-20(23)12-15(2)3/h6-9,15-17H,5,10-14H2,1-4H3/t16?,17-/m0/s1. The molecule has 1 heterocycles. The van der Waals surface area contributed by atoms with Gasteiger partial charge in [0.2, 0.25) is 6.29 Å². The highest BCUT2D eigenvalue weighted by Gasteiger charge is 2.27. The van der Waals surface area contributed by atoms with Crippen LogP contribution in [0.3, 0.4) is 0 Å². The predicted octanol–water partition coefficient (Wildman–Crippen LogP) is 3.24. The molecule has 1 saturated heterocycles. The Kier molecular flexibility index (Phi) is 9.05. The van der Waals surface area contributed by atoms with E-state index in [0.29, 0.717) is 37.8 Å². The van der Waals surface area contributed by atoms with Crippen molar-refractivity contribution in [2.75, 3.05) is 32.9 Å². The molecule has 1 fully saturated rings. The summed E-state index contributed by atoms with van der Waals surface area (Å²) >= 11 is 0. The van der Waals surface area contributed by atoms with Crippen LogP contribution in [0.4, 0.5) is 4.79 Å². The van der Waals surface area contributed by atoms with Crippen LogP contribution >= 0.6 is 0 Å². The van der Waals surface area contributed by atoms with E-state index in [1.807, 2.05) is 45.0 Å². The third kappa shape index (κ3) is 7.81. The first kappa shape index (κ1) is 22.8. The molecule has 0 radical (unpaired) electrons. The maximum absolute atomic E-state index is 12.4. The zero-order chi connectivity index (χ0) is 21.2. The number of carbonyl (C=O) groups is 2. The van der Waals surface area contributed by atoms with E-state index in [1.54, 1.807) is 0 Å². The smallest absolute Gasteiger partial charge is 0.413 e. The molecular weight excluding hydrogens is 378 g/mol. The van der Waals surface area contributed by atoms with Gasteiger partial charge >= 0.3 is 12.1 Å². The van der Waals surface area contributed by atoms with Gasteiger partial charge in [0, 0.05) is 19.9 Å². The van der Waals surface area contributed by atoms with E-state index in [9.17, 15) is 9.59 Å². The summed E-state index contributed by atoms with van der Waals surface area (Å²) in [5.41, 5.74) is 0. The summed E-state index contributed by atoms with van der Waals surface area (Å²) < 4.78 is 27.4. The quantitative estimate of drug-likeness (QED) is 0.457. The Labute approximate surface area is 172 Å². The van der Waals surface area contributed by atoms with E-state index in [4.69, 9.17) is 23.7 Å². The number of benzene rings is 1. The molecule has 0 aromatic heterocycles. The van der Waals surface area contributed by atoms with Crippen LogP contribution in [-0.2, 0) is 19.0 Å². The van der Waals surface area contributed by atoms with E-state index < -0.39 is 12.4 Å². The lowest BCUT2D eigenvalue weighted by Gasteiger charge is -2.32. The van der Waals surface area contributed by atoms with Crippen LogP contribution in [0.2, 0.25) is 0 Å². The van der Waals surface area contributed by atoms with Gasteiger partial charge in [-0.25, -0.2) is 4.79 Å². The normalized spacial score (nSPS) is 17.6. The number of hydrogen-bond donors (Lipinski definition) is 0. The molecule has 8 nitrogen and oxygen atoms in total. The number of para-hydroxylation sites is 2. The zero-order valence-electron chi connectivity index (χ0n) is 17.6. The van der Waals surface area contributed by atoms with Crippen molar-refractivity contribution in [2.24, 2.45) is 5.92 Å². The maximum Gasteiger partial charge on any atom is 0.413 e. The van der Waals surface area contributed by atoms with Crippen LogP contribution in [0, 0.1) is 5.92 Å². The summed E-state index contributed by atoms with van der Waals surface area (Å²) in [6, 6.07) is 7.41. The van der Waals surface area contributed by atoms with Crippen LogP contribution < -0.4 is 9.47 Å². The summed E-state index contributed by atoms with van der Waals surface area (Å²) in [6.45, 7) is 9.18. The highest BCUT2D eigenvalue weighted by molar-refractivity contribution is 5.71. The minimum absolute atomic E-state index is 0.179. The van der Waals surface area contributed by atoms with E-state index in [2.05, 4.69) is 0 Å². The Bertz CT molecular complexity index is 664. The molecule has 1 aliphatic heterocycles. The van der Waals surface area contributed by atoms with Crippen molar-refractivity contribution >= 4 is 12.1 Å². The molecular formula is C21H31NO7. The van der Waals surface area contributed by atoms with E-state index in [0.717, 1.165) is 0 Å². The monoisotopic (exact) mass is 409 g/mol. The molecule has 0 aliphatic carbocycles. The molecule has 162 valence electrons. The van der Waals surface area contributed by atoms with Crippen LogP contribution in [-0.4, -0.2) is 62.3 Å². The van der Waals surface area contributed by atoms with Crippen molar-refractivity contribution in [1.82, 2.24) is 4.90 Å². The molecule has 8 heteroatoms. The lowest BCUT2D eigenvalue weighted by atomic mass is 10.1. The largest absolute Gasteiger partial charge is 0.490 e. The second kappa shape index (κ2) is 11.5. The van der Waals surface area contributed by atoms with Crippen LogP contribution in [0.15, 0.2) is 24.3 Å². The van der Waals surface area contributed by atoms with Gasteiger partial charge < -0.3 is 28.6 Å². The van der Waals surface area contributed by atoms with Gasteiger partial charge in [-0.1, -0.05) is 26.0 Å². The van der Waals surface area contributed by atoms with Gasteiger partial charge in [0.15, 0.2) is 11.5 Å². The molecule has 1 unspecified atom stereocenters. The molecule has 2 rings (SSSR count). The summed E-state index contributed by atoms with van der Waals surface area (Å²) in [5, 5.41) is 0. The molecule has 2 atom stereocenters. The van der Waals surface area contributed by atoms with Gasteiger partial charge in [0.25, 0.3) is 0 Å². The van der Waals surface area contributed by atoms with E-state index >= 15 is 0 Å². The average molecular weight is 409 g/mol. The summed E-state index contributed by atoms with van der Waals surface area (Å²) in [5.74, 6) is 1.09. The fourth-order valence-electron chi connectivity index (χ4n) is 2.82. The first-order valence-electron chi connectivity index (χ1n) is 10.00. The molecule has 0 spiro atoms. The van der Waals surface area contributed by atoms with Gasteiger partial charge in [-0.2, -0.15) is 0 Å². The molecule has 1 amide bonds. The Hall–Kier alpha value is -2.48. The summed E-state index contributed by atoms with van der Waals surface area (Å²) in [7, 11) is 0. The van der Waals surface area contributed by atoms with Crippen molar-refractivity contribution in [3.8, 4) is 11.5 Å². The third-order valence-corrected chi connectivity index (χ3v) is 4.11. The first-order valence-corrected chi connectivity index (χ1v) is 10.00. The molecule has 0 bridgehead atoms. The number of amides is 1. The number of esters is 1. The van der Waals surface area contributed by atoms with Crippen molar-refractivity contribution in [3.63, 3.8) is 0 Å². The zero-order valence-corrected chi connectivity index (χ0v) is 17.6. The van der Waals surface area contributed by atoms with Crippen LogP contribution in [0.1, 0.15) is 34.1 Å². The average Bonchev–Trinajstić information content (AvgIpc) is 2.67. The fraction of sp³-hybridized carbons (Fsp3) is 0.619. The Balaban J connectivity index is 1.81. The fourth-order valence-corrected chi connectivity index (χ4v) is 2.82. The Morgan fingerprint density at radius 1 is 1.14 bits per heavy atom. The lowest BCUT2D eigenvalue weighted by Crippen LogP contribution is -2.48.